The second kappa shape index (κ2) is 12.4. The summed E-state index contributed by atoms with van der Waals surface area (Å²) in [6, 6.07) is 15.8. The number of anilines is 1. The Morgan fingerprint density at radius 3 is 2.21 bits per heavy atom. The van der Waals surface area contributed by atoms with Crippen molar-refractivity contribution in [1.29, 1.82) is 0 Å². The Bertz CT molecular complexity index is 1400. The maximum absolute atomic E-state index is 13.9. The van der Waals surface area contributed by atoms with Gasteiger partial charge < -0.3 is 10.2 Å². The number of carbonyl (C=O) groups is 2. The Labute approximate surface area is 228 Å². The van der Waals surface area contributed by atoms with E-state index in [4.69, 9.17) is 11.6 Å². The second-order valence-corrected chi connectivity index (χ2v) is 11.2. The van der Waals surface area contributed by atoms with Gasteiger partial charge in [0, 0.05) is 18.6 Å². The summed E-state index contributed by atoms with van der Waals surface area (Å²) in [6.07, 6.45) is 0.285. The number of hydrogen-bond donors (Lipinski definition) is 1. The van der Waals surface area contributed by atoms with Gasteiger partial charge in [-0.1, -0.05) is 54.4 Å². The first-order valence-corrected chi connectivity index (χ1v) is 13.9. The average molecular weight is 560 g/mol. The first-order chi connectivity index (χ1) is 18.0. The molecule has 1 atom stereocenters. The van der Waals surface area contributed by atoms with Gasteiger partial charge in [0.05, 0.1) is 10.6 Å². The molecule has 0 aliphatic rings. The molecule has 0 unspecified atom stereocenters. The number of sulfonamides is 1. The molecule has 38 heavy (non-hydrogen) atoms. The van der Waals surface area contributed by atoms with Gasteiger partial charge in [-0.05, 0) is 67.8 Å². The van der Waals surface area contributed by atoms with E-state index in [1.807, 2.05) is 6.92 Å². The highest BCUT2D eigenvalue weighted by Crippen LogP contribution is 2.30. The summed E-state index contributed by atoms with van der Waals surface area (Å²) in [7, 11) is -2.73. The van der Waals surface area contributed by atoms with Crippen LogP contribution in [0, 0.1) is 19.7 Å². The van der Waals surface area contributed by atoms with E-state index in [0.717, 1.165) is 9.87 Å². The summed E-state index contributed by atoms with van der Waals surface area (Å²) in [6.45, 7) is 4.73. The summed E-state index contributed by atoms with van der Waals surface area (Å²) >= 11 is 6.23. The maximum Gasteiger partial charge on any atom is 0.264 e. The molecule has 3 rings (SSSR count). The van der Waals surface area contributed by atoms with Crippen LogP contribution < -0.4 is 9.62 Å². The summed E-state index contributed by atoms with van der Waals surface area (Å²) in [5, 5.41) is 2.87. The van der Waals surface area contributed by atoms with Crippen LogP contribution >= 0.6 is 11.6 Å². The molecule has 0 aliphatic heterocycles. The van der Waals surface area contributed by atoms with Crippen molar-refractivity contribution in [2.24, 2.45) is 0 Å². The molecule has 10 heteroatoms. The Hall–Kier alpha value is -3.43. The maximum atomic E-state index is 13.9. The largest absolute Gasteiger partial charge is 0.357 e. The van der Waals surface area contributed by atoms with E-state index in [0.29, 0.717) is 16.1 Å². The standard InChI is InChI=1S/C28H31ClFN3O4S/c1-5-25(28(35)31-4)32(17-21-9-12-23(30)13-10-21)27(34)18-33(26-16-22(29)11-8-20(26)3)38(36,37)24-14-6-19(2)7-15-24/h6-16,25H,5,17-18H2,1-4H3,(H,31,35)/t25-/m0/s1. The molecule has 0 bridgehead atoms. The van der Waals surface area contributed by atoms with Crippen LogP contribution in [-0.4, -0.2) is 44.8 Å². The smallest absolute Gasteiger partial charge is 0.264 e. The number of amides is 2. The molecule has 0 saturated heterocycles. The number of likely N-dealkylation sites (N-methyl/N-ethyl adjacent to an activating group) is 1. The molecule has 0 saturated carbocycles. The first-order valence-electron chi connectivity index (χ1n) is 12.1. The minimum atomic E-state index is -4.20. The molecule has 3 aromatic carbocycles. The fourth-order valence-electron chi connectivity index (χ4n) is 4.07. The summed E-state index contributed by atoms with van der Waals surface area (Å²) in [5.41, 5.74) is 2.32. The van der Waals surface area contributed by atoms with E-state index in [-0.39, 0.29) is 23.5 Å². The molecular formula is C28H31ClFN3O4S. The van der Waals surface area contributed by atoms with E-state index in [1.54, 1.807) is 38.1 Å². The lowest BCUT2D eigenvalue weighted by Gasteiger charge is -2.33. The molecule has 0 spiro atoms. The predicted molar refractivity (Wildman–Crippen MR) is 147 cm³/mol. The van der Waals surface area contributed by atoms with Gasteiger partial charge in [0.25, 0.3) is 10.0 Å². The Balaban J connectivity index is 2.10. The van der Waals surface area contributed by atoms with E-state index in [1.165, 1.54) is 54.4 Å². The number of rotatable bonds is 10. The van der Waals surface area contributed by atoms with Gasteiger partial charge >= 0.3 is 0 Å². The van der Waals surface area contributed by atoms with Crippen molar-refractivity contribution in [3.05, 3.63) is 94.3 Å². The van der Waals surface area contributed by atoms with Crippen molar-refractivity contribution in [2.45, 2.75) is 44.7 Å². The topological polar surface area (TPSA) is 86.8 Å². The molecular weight excluding hydrogens is 529 g/mol. The molecule has 1 N–H and O–H groups in total. The first kappa shape index (κ1) is 29.1. The van der Waals surface area contributed by atoms with Gasteiger partial charge in [-0.2, -0.15) is 0 Å². The SMILES string of the molecule is CC[C@@H](C(=O)NC)N(Cc1ccc(F)cc1)C(=O)CN(c1cc(Cl)ccc1C)S(=O)(=O)c1ccc(C)cc1. The van der Waals surface area contributed by atoms with Crippen LogP contribution in [-0.2, 0) is 26.2 Å². The lowest BCUT2D eigenvalue weighted by molar-refractivity contribution is -0.140. The van der Waals surface area contributed by atoms with Crippen molar-refractivity contribution in [3.63, 3.8) is 0 Å². The molecule has 0 fully saturated rings. The number of hydrogen-bond acceptors (Lipinski definition) is 4. The molecule has 0 aliphatic carbocycles. The van der Waals surface area contributed by atoms with Crippen LogP contribution in [0.25, 0.3) is 0 Å². The number of aryl methyl sites for hydroxylation is 2. The Morgan fingerprint density at radius 1 is 1.00 bits per heavy atom. The van der Waals surface area contributed by atoms with Crippen LogP contribution in [0.3, 0.4) is 0 Å². The Morgan fingerprint density at radius 2 is 1.63 bits per heavy atom. The normalized spacial score (nSPS) is 12.1. The van der Waals surface area contributed by atoms with E-state index < -0.39 is 40.2 Å². The third kappa shape index (κ3) is 6.71. The number of nitrogens with one attached hydrogen (secondary N) is 1. The van der Waals surface area contributed by atoms with Crippen molar-refractivity contribution in [1.82, 2.24) is 10.2 Å². The van der Waals surface area contributed by atoms with Gasteiger partial charge in [0.15, 0.2) is 0 Å². The van der Waals surface area contributed by atoms with Crippen LogP contribution in [0.4, 0.5) is 10.1 Å². The van der Waals surface area contributed by atoms with Gasteiger partial charge in [0.2, 0.25) is 11.8 Å². The second-order valence-electron chi connectivity index (χ2n) is 8.94. The van der Waals surface area contributed by atoms with Crippen molar-refractivity contribution < 1.29 is 22.4 Å². The van der Waals surface area contributed by atoms with Crippen molar-refractivity contribution in [3.8, 4) is 0 Å². The van der Waals surface area contributed by atoms with Crippen molar-refractivity contribution in [2.75, 3.05) is 17.9 Å². The molecule has 2 amide bonds. The fraction of sp³-hybridized carbons (Fsp3) is 0.286. The third-order valence-electron chi connectivity index (χ3n) is 6.23. The van der Waals surface area contributed by atoms with Gasteiger partial charge in [0.1, 0.15) is 18.4 Å². The molecule has 0 aromatic heterocycles. The number of nitrogens with zero attached hydrogens (tertiary/aromatic N) is 2. The minimum Gasteiger partial charge on any atom is -0.357 e. The third-order valence-corrected chi connectivity index (χ3v) is 8.24. The zero-order valence-corrected chi connectivity index (χ0v) is 23.3. The number of benzene rings is 3. The summed E-state index contributed by atoms with van der Waals surface area (Å²) in [5.74, 6) is -1.42. The monoisotopic (exact) mass is 559 g/mol. The Kier molecular flexibility index (Phi) is 9.51. The predicted octanol–water partition coefficient (Wildman–Crippen LogP) is 4.84. The molecule has 202 valence electrons. The van der Waals surface area contributed by atoms with Crippen LogP contribution in [0.15, 0.2) is 71.6 Å². The van der Waals surface area contributed by atoms with Gasteiger partial charge in [-0.3, -0.25) is 13.9 Å². The van der Waals surface area contributed by atoms with Gasteiger partial charge in [-0.15, -0.1) is 0 Å². The lowest BCUT2D eigenvalue weighted by Crippen LogP contribution is -2.51. The summed E-state index contributed by atoms with van der Waals surface area (Å²) in [4.78, 5) is 27.9. The van der Waals surface area contributed by atoms with Crippen LogP contribution in [0.1, 0.15) is 30.0 Å². The zero-order chi connectivity index (χ0) is 28.0. The highest BCUT2D eigenvalue weighted by Gasteiger charge is 2.34. The minimum absolute atomic E-state index is 0.0127. The van der Waals surface area contributed by atoms with Crippen LogP contribution in [0.2, 0.25) is 5.02 Å². The average Bonchev–Trinajstić information content (AvgIpc) is 2.89. The van der Waals surface area contributed by atoms with Gasteiger partial charge in [-0.25, -0.2) is 12.8 Å². The lowest BCUT2D eigenvalue weighted by atomic mass is 10.1. The highest BCUT2D eigenvalue weighted by atomic mass is 35.5. The summed E-state index contributed by atoms with van der Waals surface area (Å²) < 4.78 is 42.3. The van der Waals surface area contributed by atoms with E-state index >= 15 is 0 Å². The van der Waals surface area contributed by atoms with Crippen molar-refractivity contribution >= 4 is 39.1 Å². The van der Waals surface area contributed by atoms with E-state index in [2.05, 4.69) is 5.32 Å². The molecule has 0 heterocycles. The molecule has 7 nitrogen and oxygen atoms in total. The number of halogens is 2. The highest BCUT2D eigenvalue weighted by molar-refractivity contribution is 7.92. The molecule has 0 radical (unpaired) electrons. The van der Waals surface area contributed by atoms with E-state index in [9.17, 15) is 22.4 Å². The van der Waals surface area contributed by atoms with Crippen LogP contribution in [0.5, 0.6) is 0 Å². The quantitative estimate of drug-likeness (QED) is 0.385. The fourth-order valence-corrected chi connectivity index (χ4v) is 5.71. The zero-order valence-electron chi connectivity index (χ0n) is 21.7. The number of carbonyl (C=O) groups excluding carboxylic acids is 2. The molecule has 3 aromatic rings.